The summed E-state index contributed by atoms with van der Waals surface area (Å²) in [6.45, 7) is 0. The molecule has 1 aliphatic carbocycles. The molecule has 2 rings (SSSR count). The average molecular weight is 192 g/mol. The van der Waals surface area contributed by atoms with Gasteiger partial charge in [0.15, 0.2) is 0 Å². The van der Waals surface area contributed by atoms with E-state index in [4.69, 9.17) is 0 Å². The number of nitrogens with one attached hydrogen (secondary N) is 1. The highest BCUT2D eigenvalue weighted by atomic mass is 16.3. The van der Waals surface area contributed by atoms with Crippen LogP contribution in [-0.2, 0) is 0 Å². The van der Waals surface area contributed by atoms with Gasteiger partial charge in [-0.15, -0.1) is 0 Å². The molecule has 74 valence electrons. The molecule has 1 aromatic rings. The van der Waals surface area contributed by atoms with Crippen molar-refractivity contribution in [1.29, 1.82) is 0 Å². The van der Waals surface area contributed by atoms with Crippen LogP contribution in [0.3, 0.4) is 0 Å². The molecule has 0 saturated heterocycles. The summed E-state index contributed by atoms with van der Waals surface area (Å²) >= 11 is 0. The first kappa shape index (κ1) is 9.15. The number of hydrogen-bond donors (Lipinski definition) is 2. The van der Waals surface area contributed by atoms with Crippen molar-refractivity contribution in [1.82, 2.24) is 10.3 Å². The minimum Gasteiger partial charge on any atom is -0.391 e. The van der Waals surface area contributed by atoms with Crippen molar-refractivity contribution in [3.63, 3.8) is 0 Å². The Morgan fingerprint density at radius 3 is 2.64 bits per heavy atom. The molecular formula is C10H12N2O2. The Labute approximate surface area is 82.0 Å². The van der Waals surface area contributed by atoms with Crippen molar-refractivity contribution in [2.45, 2.75) is 25.0 Å². The number of aliphatic hydroxyl groups is 1. The molecule has 2 unspecified atom stereocenters. The summed E-state index contributed by atoms with van der Waals surface area (Å²) in [6, 6.07) is 3.23. The van der Waals surface area contributed by atoms with Crippen molar-refractivity contribution < 1.29 is 9.90 Å². The molecule has 0 aromatic carbocycles. The minimum atomic E-state index is -0.374. The number of aromatic nitrogens is 1. The first-order valence-electron chi connectivity index (χ1n) is 4.66. The van der Waals surface area contributed by atoms with Crippen LogP contribution in [0, 0.1) is 0 Å². The molecule has 0 radical (unpaired) electrons. The first-order chi connectivity index (χ1) is 6.77. The Hall–Kier alpha value is -1.42. The first-order valence-corrected chi connectivity index (χ1v) is 4.66. The van der Waals surface area contributed by atoms with Crippen molar-refractivity contribution in [3.8, 4) is 0 Å². The fourth-order valence-corrected chi connectivity index (χ4v) is 1.41. The summed E-state index contributed by atoms with van der Waals surface area (Å²) in [7, 11) is 0. The second-order valence-electron chi connectivity index (χ2n) is 3.46. The van der Waals surface area contributed by atoms with Gasteiger partial charge in [0.05, 0.1) is 12.1 Å². The fraction of sp³-hybridized carbons (Fsp3) is 0.400. The Balaban J connectivity index is 1.96. The van der Waals surface area contributed by atoms with Crippen molar-refractivity contribution in [2.24, 2.45) is 0 Å². The van der Waals surface area contributed by atoms with Crippen molar-refractivity contribution in [2.75, 3.05) is 0 Å². The lowest BCUT2D eigenvalue weighted by molar-refractivity contribution is 0.0447. The molecule has 1 amide bonds. The molecule has 0 aliphatic heterocycles. The fourth-order valence-electron chi connectivity index (χ4n) is 1.41. The second-order valence-corrected chi connectivity index (χ2v) is 3.46. The Kier molecular flexibility index (Phi) is 2.45. The molecule has 2 N–H and O–H groups in total. The van der Waals surface area contributed by atoms with E-state index in [1.165, 1.54) is 0 Å². The Morgan fingerprint density at radius 2 is 2.14 bits per heavy atom. The van der Waals surface area contributed by atoms with Gasteiger partial charge in [0.2, 0.25) is 0 Å². The third kappa shape index (κ3) is 1.75. The quantitative estimate of drug-likeness (QED) is 0.710. The Bertz CT molecular complexity index is 326. The highest BCUT2D eigenvalue weighted by Crippen LogP contribution is 2.19. The van der Waals surface area contributed by atoms with Crippen LogP contribution in [0.4, 0.5) is 0 Å². The number of carbonyl (C=O) groups excluding carboxylic acids is 1. The standard InChI is InChI=1S/C10H12N2O2/c13-9-2-1-8(9)12-10(14)7-3-5-11-6-4-7/h3-6,8-9,13H,1-2H2,(H,12,14). The predicted molar refractivity (Wildman–Crippen MR) is 50.7 cm³/mol. The maximum Gasteiger partial charge on any atom is 0.251 e. The summed E-state index contributed by atoms with van der Waals surface area (Å²) in [6.07, 6.45) is 4.41. The summed E-state index contributed by atoms with van der Waals surface area (Å²) in [4.78, 5) is 15.4. The third-order valence-corrected chi connectivity index (χ3v) is 2.50. The van der Waals surface area contributed by atoms with E-state index in [1.54, 1.807) is 24.5 Å². The lowest BCUT2D eigenvalue weighted by atomic mass is 9.89. The van der Waals surface area contributed by atoms with Gasteiger partial charge >= 0.3 is 0 Å². The number of pyridine rings is 1. The molecule has 4 nitrogen and oxygen atoms in total. The zero-order valence-electron chi connectivity index (χ0n) is 7.68. The number of hydrogen-bond acceptors (Lipinski definition) is 3. The third-order valence-electron chi connectivity index (χ3n) is 2.50. The lowest BCUT2D eigenvalue weighted by Gasteiger charge is -2.32. The van der Waals surface area contributed by atoms with Gasteiger partial charge in [-0.05, 0) is 25.0 Å². The zero-order chi connectivity index (χ0) is 9.97. The lowest BCUT2D eigenvalue weighted by Crippen LogP contribution is -2.50. The normalized spacial score (nSPS) is 25.2. The van der Waals surface area contributed by atoms with E-state index in [0.29, 0.717) is 5.56 Å². The molecule has 1 aliphatic rings. The van der Waals surface area contributed by atoms with E-state index in [0.717, 1.165) is 12.8 Å². The van der Waals surface area contributed by atoms with Crippen molar-refractivity contribution in [3.05, 3.63) is 30.1 Å². The summed E-state index contributed by atoms with van der Waals surface area (Å²) in [5, 5.41) is 12.0. The van der Waals surface area contributed by atoms with Crippen LogP contribution in [0.25, 0.3) is 0 Å². The van der Waals surface area contributed by atoms with E-state index in [2.05, 4.69) is 10.3 Å². The second kappa shape index (κ2) is 3.75. The van der Waals surface area contributed by atoms with E-state index < -0.39 is 0 Å². The maximum absolute atomic E-state index is 11.5. The van der Waals surface area contributed by atoms with E-state index in [9.17, 15) is 9.90 Å². The molecule has 1 fully saturated rings. The van der Waals surface area contributed by atoms with E-state index in [-0.39, 0.29) is 18.1 Å². The molecule has 14 heavy (non-hydrogen) atoms. The van der Waals surface area contributed by atoms with Gasteiger partial charge in [-0.25, -0.2) is 0 Å². The van der Waals surface area contributed by atoms with Gasteiger partial charge in [0.25, 0.3) is 5.91 Å². The molecule has 0 spiro atoms. The van der Waals surface area contributed by atoms with Crippen LogP contribution < -0.4 is 5.32 Å². The number of aliphatic hydroxyl groups excluding tert-OH is 1. The molecule has 2 atom stereocenters. The van der Waals surface area contributed by atoms with Crippen molar-refractivity contribution >= 4 is 5.91 Å². The van der Waals surface area contributed by atoms with Gasteiger partial charge in [0.1, 0.15) is 0 Å². The van der Waals surface area contributed by atoms with Gasteiger partial charge in [0, 0.05) is 18.0 Å². The predicted octanol–water partition coefficient (Wildman–Crippen LogP) is 0.335. The smallest absolute Gasteiger partial charge is 0.251 e. The summed E-state index contributed by atoms with van der Waals surface area (Å²) < 4.78 is 0. The molecule has 0 bridgehead atoms. The van der Waals surface area contributed by atoms with Crippen LogP contribution in [0.15, 0.2) is 24.5 Å². The highest BCUT2D eigenvalue weighted by molar-refractivity contribution is 5.94. The number of nitrogens with zero attached hydrogens (tertiary/aromatic N) is 1. The van der Waals surface area contributed by atoms with Gasteiger partial charge < -0.3 is 10.4 Å². The van der Waals surface area contributed by atoms with Crippen LogP contribution in [0.2, 0.25) is 0 Å². The van der Waals surface area contributed by atoms with Crippen LogP contribution >= 0.6 is 0 Å². The average Bonchev–Trinajstić information content (AvgIpc) is 2.24. The molecule has 4 heteroatoms. The number of carbonyl (C=O) groups is 1. The van der Waals surface area contributed by atoms with E-state index in [1.807, 2.05) is 0 Å². The monoisotopic (exact) mass is 192 g/mol. The van der Waals surface area contributed by atoms with Crippen LogP contribution in [0.5, 0.6) is 0 Å². The van der Waals surface area contributed by atoms with Gasteiger partial charge in [-0.3, -0.25) is 9.78 Å². The topological polar surface area (TPSA) is 62.2 Å². The summed E-state index contributed by atoms with van der Waals surface area (Å²) in [5.41, 5.74) is 0.583. The number of amides is 1. The minimum absolute atomic E-state index is 0.0735. The van der Waals surface area contributed by atoms with Crippen LogP contribution in [-0.4, -0.2) is 28.1 Å². The van der Waals surface area contributed by atoms with Crippen LogP contribution in [0.1, 0.15) is 23.2 Å². The Morgan fingerprint density at radius 1 is 1.43 bits per heavy atom. The largest absolute Gasteiger partial charge is 0.391 e. The molecule has 1 saturated carbocycles. The maximum atomic E-state index is 11.5. The molecule has 1 heterocycles. The molecular weight excluding hydrogens is 180 g/mol. The highest BCUT2D eigenvalue weighted by Gasteiger charge is 2.30. The zero-order valence-corrected chi connectivity index (χ0v) is 7.68. The molecule has 1 aromatic heterocycles. The van der Waals surface area contributed by atoms with E-state index >= 15 is 0 Å². The SMILES string of the molecule is O=C(NC1CCC1O)c1ccncc1. The van der Waals surface area contributed by atoms with Gasteiger partial charge in [-0.1, -0.05) is 0 Å². The number of rotatable bonds is 2. The summed E-state index contributed by atoms with van der Waals surface area (Å²) in [5.74, 6) is -0.142. The van der Waals surface area contributed by atoms with Gasteiger partial charge in [-0.2, -0.15) is 0 Å².